The van der Waals surface area contributed by atoms with Gasteiger partial charge in [-0.15, -0.1) is 0 Å². The summed E-state index contributed by atoms with van der Waals surface area (Å²) in [6.07, 6.45) is 5.50. The molecule has 1 unspecified atom stereocenters. The van der Waals surface area contributed by atoms with Crippen LogP contribution in [0.15, 0.2) is 79.3 Å². The molecule has 0 aliphatic heterocycles. The zero-order valence-corrected chi connectivity index (χ0v) is 17.7. The van der Waals surface area contributed by atoms with Gasteiger partial charge in [0.05, 0.1) is 17.9 Å². The van der Waals surface area contributed by atoms with Crippen LogP contribution in [0.2, 0.25) is 0 Å². The fourth-order valence-corrected chi connectivity index (χ4v) is 3.71. The normalized spacial score (nSPS) is 11.7. The van der Waals surface area contributed by atoms with Gasteiger partial charge in [0.1, 0.15) is 0 Å². The van der Waals surface area contributed by atoms with Gasteiger partial charge in [0.2, 0.25) is 0 Å². The molecule has 4 rings (SSSR count). The van der Waals surface area contributed by atoms with Crippen LogP contribution in [0.5, 0.6) is 0 Å². The number of hydrogen-bond acceptors (Lipinski definition) is 4. The van der Waals surface area contributed by atoms with Gasteiger partial charge in [-0.3, -0.25) is 4.98 Å². The number of anilines is 1. The van der Waals surface area contributed by atoms with Crippen molar-refractivity contribution < 1.29 is 14.3 Å². The Labute approximate surface area is 185 Å². The first-order valence-corrected chi connectivity index (χ1v) is 10.4. The number of carbonyl (C=O) groups excluding carboxylic acids is 2. The number of rotatable bonds is 7. The molecule has 7 nitrogen and oxygen atoms in total. The summed E-state index contributed by atoms with van der Waals surface area (Å²) in [4.78, 5) is 32.4. The van der Waals surface area contributed by atoms with E-state index in [1.54, 1.807) is 37.4 Å². The fraction of sp³-hybridized carbons (Fsp3) is 0.160. The Balaban J connectivity index is 1.54. The van der Waals surface area contributed by atoms with Crippen LogP contribution in [-0.4, -0.2) is 35.1 Å². The maximum Gasteiger partial charge on any atom is 0.340 e. The second-order valence-electron chi connectivity index (χ2n) is 7.23. The third kappa shape index (κ3) is 4.62. The van der Waals surface area contributed by atoms with Crippen molar-refractivity contribution in [2.75, 3.05) is 18.5 Å². The molecule has 2 aromatic carbocycles. The molecule has 3 N–H and O–H groups in total. The van der Waals surface area contributed by atoms with E-state index in [2.05, 4.69) is 26.7 Å². The van der Waals surface area contributed by atoms with Gasteiger partial charge in [-0.05, 0) is 42.3 Å². The number of aromatic amines is 1. The Morgan fingerprint density at radius 2 is 1.88 bits per heavy atom. The van der Waals surface area contributed by atoms with Gasteiger partial charge < -0.3 is 20.4 Å². The molecule has 1 atom stereocenters. The molecule has 32 heavy (non-hydrogen) atoms. The van der Waals surface area contributed by atoms with Gasteiger partial charge in [-0.2, -0.15) is 0 Å². The number of urea groups is 1. The second-order valence-corrected chi connectivity index (χ2v) is 7.23. The van der Waals surface area contributed by atoms with Crippen LogP contribution in [0.4, 0.5) is 10.5 Å². The van der Waals surface area contributed by atoms with Gasteiger partial charge in [0.25, 0.3) is 0 Å². The molecule has 0 saturated carbocycles. The van der Waals surface area contributed by atoms with E-state index in [0.717, 1.165) is 22.0 Å². The lowest BCUT2D eigenvalue weighted by Crippen LogP contribution is -2.33. The molecule has 162 valence electrons. The fourth-order valence-electron chi connectivity index (χ4n) is 3.71. The van der Waals surface area contributed by atoms with E-state index in [0.29, 0.717) is 17.8 Å². The highest BCUT2D eigenvalue weighted by Gasteiger charge is 2.20. The van der Waals surface area contributed by atoms with E-state index in [-0.39, 0.29) is 12.5 Å². The second kappa shape index (κ2) is 9.78. The Morgan fingerprint density at radius 3 is 2.69 bits per heavy atom. The third-order valence-corrected chi connectivity index (χ3v) is 5.22. The van der Waals surface area contributed by atoms with Crippen LogP contribution in [0.3, 0.4) is 0 Å². The lowest BCUT2D eigenvalue weighted by Gasteiger charge is -2.18. The summed E-state index contributed by atoms with van der Waals surface area (Å²) in [7, 11) is 0. The molecule has 0 aliphatic carbocycles. The first-order valence-electron chi connectivity index (χ1n) is 10.4. The molecule has 2 heterocycles. The number of esters is 1. The summed E-state index contributed by atoms with van der Waals surface area (Å²) in [5.41, 5.74) is 3.80. The number of benzene rings is 2. The Kier molecular flexibility index (Phi) is 6.46. The van der Waals surface area contributed by atoms with Crippen molar-refractivity contribution in [2.45, 2.75) is 12.8 Å². The quantitative estimate of drug-likeness (QED) is 0.372. The number of amides is 2. The summed E-state index contributed by atoms with van der Waals surface area (Å²) < 4.78 is 5.07. The molecule has 2 aromatic heterocycles. The first-order chi connectivity index (χ1) is 15.7. The highest BCUT2D eigenvalue weighted by atomic mass is 16.5. The maximum absolute atomic E-state index is 12.7. The van der Waals surface area contributed by atoms with Crippen molar-refractivity contribution in [3.8, 4) is 0 Å². The number of hydrogen-bond donors (Lipinski definition) is 3. The number of nitrogens with one attached hydrogen (secondary N) is 3. The predicted molar refractivity (Wildman–Crippen MR) is 124 cm³/mol. The van der Waals surface area contributed by atoms with Gasteiger partial charge in [0, 0.05) is 42.0 Å². The number of aromatic nitrogens is 2. The van der Waals surface area contributed by atoms with E-state index in [9.17, 15) is 9.59 Å². The molecular formula is C25H24N4O3. The van der Waals surface area contributed by atoms with Crippen LogP contribution in [0.1, 0.15) is 34.3 Å². The minimum absolute atomic E-state index is 0.106. The minimum atomic E-state index is -0.476. The average molecular weight is 428 g/mol. The Bertz CT molecular complexity index is 1220. The minimum Gasteiger partial charge on any atom is -0.462 e. The molecule has 4 aromatic rings. The van der Waals surface area contributed by atoms with Gasteiger partial charge in [0.15, 0.2) is 0 Å². The van der Waals surface area contributed by atoms with Crippen molar-refractivity contribution in [2.24, 2.45) is 0 Å². The number of para-hydroxylation sites is 2. The van der Waals surface area contributed by atoms with Crippen molar-refractivity contribution in [3.05, 3.63) is 95.9 Å². The van der Waals surface area contributed by atoms with Gasteiger partial charge in [-0.25, -0.2) is 9.59 Å². The highest BCUT2D eigenvalue weighted by Crippen LogP contribution is 2.30. The smallest absolute Gasteiger partial charge is 0.340 e. The Hall–Kier alpha value is -4.13. The van der Waals surface area contributed by atoms with Crippen LogP contribution in [0.25, 0.3) is 10.9 Å². The number of carbonyl (C=O) groups is 2. The molecule has 0 bridgehead atoms. The number of ether oxygens (including phenoxy) is 1. The van der Waals surface area contributed by atoms with E-state index >= 15 is 0 Å². The molecule has 2 amide bonds. The summed E-state index contributed by atoms with van der Waals surface area (Å²) in [6.45, 7) is 2.35. The molecule has 0 aliphatic rings. The number of nitrogens with zero attached hydrogens (tertiary/aromatic N) is 1. The molecule has 0 fully saturated rings. The summed E-state index contributed by atoms with van der Waals surface area (Å²) in [5, 5.41) is 6.80. The summed E-state index contributed by atoms with van der Waals surface area (Å²) >= 11 is 0. The Morgan fingerprint density at radius 1 is 1.06 bits per heavy atom. The number of H-pyrrole nitrogens is 1. The van der Waals surface area contributed by atoms with E-state index < -0.39 is 12.0 Å². The maximum atomic E-state index is 12.7. The zero-order valence-electron chi connectivity index (χ0n) is 17.7. The van der Waals surface area contributed by atoms with Crippen LogP contribution >= 0.6 is 0 Å². The number of fused-ring (bicyclic) bond motifs is 1. The van der Waals surface area contributed by atoms with Crippen LogP contribution in [0, 0.1) is 0 Å². The predicted octanol–water partition coefficient (Wildman–Crippen LogP) is 4.69. The standard InChI is InChI=1S/C25H24N4O3/c1-2-32-24(30)19-10-4-6-12-23(19)29-25(31)28-15-20(17-8-7-13-26-14-17)21-16-27-22-11-5-3-9-18(21)22/h3-14,16,20,27H,2,15H2,1H3,(H2,28,29,31). The lowest BCUT2D eigenvalue weighted by atomic mass is 9.92. The van der Waals surface area contributed by atoms with E-state index in [1.807, 2.05) is 42.7 Å². The summed E-state index contributed by atoms with van der Waals surface area (Å²) in [6, 6.07) is 18.3. The monoisotopic (exact) mass is 428 g/mol. The lowest BCUT2D eigenvalue weighted by molar-refractivity contribution is 0.0527. The van der Waals surface area contributed by atoms with E-state index in [4.69, 9.17) is 4.74 Å². The largest absolute Gasteiger partial charge is 0.462 e. The van der Waals surface area contributed by atoms with Crippen molar-refractivity contribution in [1.29, 1.82) is 0 Å². The van der Waals surface area contributed by atoms with Gasteiger partial charge >= 0.3 is 12.0 Å². The van der Waals surface area contributed by atoms with Crippen LogP contribution in [-0.2, 0) is 4.74 Å². The highest BCUT2D eigenvalue weighted by molar-refractivity contribution is 6.00. The van der Waals surface area contributed by atoms with Crippen molar-refractivity contribution in [1.82, 2.24) is 15.3 Å². The van der Waals surface area contributed by atoms with E-state index in [1.165, 1.54) is 0 Å². The van der Waals surface area contributed by atoms with Crippen molar-refractivity contribution in [3.63, 3.8) is 0 Å². The molecule has 0 radical (unpaired) electrons. The molecule has 7 heteroatoms. The topological polar surface area (TPSA) is 96.1 Å². The van der Waals surface area contributed by atoms with Crippen LogP contribution < -0.4 is 10.6 Å². The first kappa shape index (κ1) is 21.1. The average Bonchev–Trinajstić information content (AvgIpc) is 3.24. The third-order valence-electron chi connectivity index (χ3n) is 5.22. The summed E-state index contributed by atoms with van der Waals surface area (Å²) in [5.74, 6) is -0.582. The van der Waals surface area contributed by atoms with Crippen molar-refractivity contribution >= 4 is 28.6 Å². The zero-order chi connectivity index (χ0) is 22.3. The molecule has 0 spiro atoms. The molecule has 0 saturated heterocycles. The molecular weight excluding hydrogens is 404 g/mol. The SMILES string of the molecule is CCOC(=O)c1ccccc1NC(=O)NCC(c1cccnc1)c1c[nH]c2ccccc12. The van der Waals surface area contributed by atoms with Gasteiger partial charge in [-0.1, -0.05) is 36.4 Å². The number of pyridine rings is 1.